The fraction of sp³-hybridized carbons (Fsp3) is 0.500. The number of likely N-dealkylation sites (N-methyl/N-ethyl adjacent to an activating group) is 1. The number of rotatable bonds is 3. The molecule has 4 N–H and O–H groups in total. The molecule has 0 fully saturated rings. The van der Waals surface area contributed by atoms with E-state index in [9.17, 15) is 4.79 Å². The Labute approximate surface area is 81.7 Å². The lowest BCUT2D eigenvalue weighted by Gasteiger charge is -2.13. The van der Waals surface area contributed by atoms with E-state index >= 15 is 0 Å². The Morgan fingerprint density at radius 2 is 2.36 bits per heavy atom. The van der Waals surface area contributed by atoms with E-state index < -0.39 is 0 Å². The number of aliphatic hydroxyl groups excluding tert-OH is 1. The standard InChI is InChI=1S/C8H14N4O2/c1-5-6(9)7(11-10-5)8(14)12(2)3-4-13/h13H,3-4,9H2,1-2H3,(H,10,11). The molecule has 1 aromatic heterocycles. The first-order chi connectivity index (χ1) is 6.57. The maximum Gasteiger partial charge on any atom is 0.276 e. The van der Waals surface area contributed by atoms with Gasteiger partial charge >= 0.3 is 0 Å². The summed E-state index contributed by atoms with van der Waals surface area (Å²) in [6.45, 7) is 1.93. The molecule has 6 heteroatoms. The predicted molar refractivity (Wildman–Crippen MR) is 51.8 cm³/mol. The highest BCUT2D eigenvalue weighted by molar-refractivity contribution is 5.97. The molecule has 0 aliphatic heterocycles. The Bertz CT molecular complexity index is 334. The SMILES string of the molecule is Cc1[nH]nc(C(=O)N(C)CCO)c1N. The highest BCUT2D eigenvalue weighted by Crippen LogP contribution is 2.13. The first kappa shape index (κ1) is 10.5. The average Bonchev–Trinajstić information content (AvgIpc) is 2.47. The molecule has 1 aromatic rings. The van der Waals surface area contributed by atoms with E-state index in [-0.39, 0.29) is 24.8 Å². The summed E-state index contributed by atoms with van der Waals surface area (Å²) >= 11 is 0. The van der Waals surface area contributed by atoms with Crippen molar-refractivity contribution < 1.29 is 9.90 Å². The molecule has 0 atom stereocenters. The molecular weight excluding hydrogens is 184 g/mol. The van der Waals surface area contributed by atoms with Crippen LogP contribution in [0, 0.1) is 6.92 Å². The van der Waals surface area contributed by atoms with Crippen LogP contribution < -0.4 is 5.73 Å². The predicted octanol–water partition coefficient (Wildman–Crippen LogP) is -0.635. The summed E-state index contributed by atoms with van der Waals surface area (Å²) in [6, 6.07) is 0. The number of hydrogen-bond acceptors (Lipinski definition) is 4. The molecule has 0 aliphatic rings. The van der Waals surface area contributed by atoms with Gasteiger partial charge in [0, 0.05) is 13.6 Å². The van der Waals surface area contributed by atoms with Crippen molar-refractivity contribution in [3.05, 3.63) is 11.4 Å². The number of aryl methyl sites for hydroxylation is 1. The lowest BCUT2D eigenvalue weighted by Crippen LogP contribution is -2.30. The van der Waals surface area contributed by atoms with Crippen molar-refractivity contribution in [1.29, 1.82) is 0 Å². The number of nitrogens with two attached hydrogens (primary N) is 1. The molecule has 1 rings (SSSR count). The van der Waals surface area contributed by atoms with Crippen molar-refractivity contribution in [2.24, 2.45) is 0 Å². The highest BCUT2D eigenvalue weighted by atomic mass is 16.3. The second kappa shape index (κ2) is 4.10. The number of hydrogen-bond donors (Lipinski definition) is 3. The monoisotopic (exact) mass is 198 g/mol. The van der Waals surface area contributed by atoms with Gasteiger partial charge in [-0.15, -0.1) is 0 Å². The minimum absolute atomic E-state index is 0.0778. The molecule has 1 amide bonds. The Morgan fingerprint density at radius 3 is 2.79 bits per heavy atom. The van der Waals surface area contributed by atoms with Crippen molar-refractivity contribution in [3.8, 4) is 0 Å². The van der Waals surface area contributed by atoms with Gasteiger partial charge in [-0.2, -0.15) is 5.10 Å². The summed E-state index contributed by atoms with van der Waals surface area (Å²) in [6.07, 6.45) is 0. The third kappa shape index (κ3) is 1.85. The number of aromatic amines is 1. The van der Waals surface area contributed by atoms with Crippen LogP contribution in [-0.4, -0.2) is 46.3 Å². The summed E-state index contributed by atoms with van der Waals surface area (Å²) < 4.78 is 0. The minimum atomic E-state index is -0.291. The fourth-order valence-corrected chi connectivity index (χ4v) is 1.03. The van der Waals surface area contributed by atoms with E-state index in [0.717, 1.165) is 0 Å². The Hall–Kier alpha value is -1.56. The Kier molecular flexibility index (Phi) is 3.08. The van der Waals surface area contributed by atoms with Gasteiger partial charge in [-0.05, 0) is 6.92 Å². The molecule has 0 bridgehead atoms. The Balaban J connectivity index is 2.84. The number of amides is 1. The summed E-state index contributed by atoms with van der Waals surface area (Å²) in [5.41, 5.74) is 6.87. The quantitative estimate of drug-likeness (QED) is 0.602. The zero-order chi connectivity index (χ0) is 10.7. The molecule has 0 saturated heterocycles. The van der Waals surface area contributed by atoms with E-state index in [0.29, 0.717) is 11.4 Å². The number of carbonyl (C=O) groups excluding carboxylic acids is 1. The molecule has 0 radical (unpaired) electrons. The van der Waals surface area contributed by atoms with Crippen LogP contribution in [0.4, 0.5) is 5.69 Å². The second-order valence-corrected chi connectivity index (χ2v) is 3.06. The largest absolute Gasteiger partial charge is 0.395 e. The van der Waals surface area contributed by atoms with Crippen LogP contribution in [0.1, 0.15) is 16.2 Å². The molecule has 0 aliphatic carbocycles. The van der Waals surface area contributed by atoms with E-state index in [1.165, 1.54) is 4.90 Å². The number of nitrogens with one attached hydrogen (secondary N) is 1. The number of H-pyrrole nitrogens is 1. The van der Waals surface area contributed by atoms with Gasteiger partial charge in [0.15, 0.2) is 5.69 Å². The van der Waals surface area contributed by atoms with Crippen molar-refractivity contribution >= 4 is 11.6 Å². The number of anilines is 1. The van der Waals surface area contributed by atoms with Crippen molar-refractivity contribution in [1.82, 2.24) is 15.1 Å². The van der Waals surface area contributed by atoms with Gasteiger partial charge in [-0.3, -0.25) is 9.89 Å². The molecule has 78 valence electrons. The minimum Gasteiger partial charge on any atom is -0.395 e. The summed E-state index contributed by atoms with van der Waals surface area (Å²) in [5, 5.41) is 15.1. The van der Waals surface area contributed by atoms with Crippen molar-refractivity contribution in [2.75, 3.05) is 25.9 Å². The average molecular weight is 198 g/mol. The van der Waals surface area contributed by atoms with Crippen LogP contribution in [0.25, 0.3) is 0 Å². The topological polar surface area (TPSA) is 95.2 Å². The lowest BCUT2D eigenvalue weighted by molar-refractivity contribution is 0.0762. The van der Waals surface area contributed by atoms with Gasteiger partial charge in [0.1, 0.15) is 0 Å². The molecule has 1 heterocycles. The van der Waals surface area contributed by atoms with Gasteiger partial charge in [0.2, 0.25) is 0 Å². The van der Waals surface area contributed by atoms with E-state index in [1.807, 2.05) is 0 Å². The maximum absolute atomic E-state index is 11.6. The number of aliphatic hydroxyl groups is 1. The molecule has 6 nitrogen and oxygen atoms in total. The van der Waals surface area contributed by atoms with Crippen molar-refractivity contribution in [3.63, 3.8) is 0 Å². The molecule has 0 aromatic carbocycles. The van der Waals surface area contributed by atoms with Crippen LogP contribution in [0.15, 0.2) is 0 Å². The van der Waals surface area contributed by atoms with Crippen molar-refractivity contribution in [2.45, 2.75) is 6.92 Å². The number of aromatic nitrogens is 2. The number of nitrogen functional groups attached to an aromatic ring is 1. The fourth-order valence-electron chi connectivity index (χ4n) is 1.03. The Morgan fingerprint density at radius 1 is 1.71 bits per heavy atom. The zero-order valence-corrected chi connectivity index (χ0v) is 8.24. The first-order valence-corrected chi connectivity index (χ1v) is 4.24. The highest BCUT2D eigenvalue weighted by Gasteiger charge is 2.18. The van der Waals surface area contributed by atoms with Crippen LogP contribution in [-0.2, 0) is 0 Å². The van der Waals surface area contributed by atoms with E-state index in [4.69, 9.17) is 10.8 Å². The zero-order valence-electron chi connectivity index (χ0n) is 8.24. The summed E-state index contributed by atoms with van der Waals surface area (Å²) in [5.74, 6) is -0.291. The molecular formula is C8H14N4O2. The van der Waals surface area contributed by atoms with E-state index in [2.05, 4.69) is 10.2 Å². The molecule has 0 spiro atoms. The maximum atomic E-state index is 11.6. The molecule has 0 unspecified atom stereocenters. The van der Waals surface area contributed by atoms with Gasteiger partial charge < -0.3 is 15.7 Å². The van der Waals surface area contributed by atoms with Crippen LogP contribution in [0.5, 0.6) is 0 Å². The van der Waals surface area contributed by atoms with Gasteiger partial charge in [0.25, 0.3) is 5.91 Å². The van der Waals surface area contributed by atoms with Gasteiger partial charge in [-0.25, -0.2) is 0 Å². The van der Waals surface area contributed by atoms with Crippen LogP contribution in [0.2, 0.25) is 0 Å². The number of carbonyl (C=O) groups is 1. The lowest BCUT2D eigenvalue weighted by atomic mass is 10.3. The third-order valence-corrected chi connectivity index (χ3v) is 1.98. The first-order valence-electron chi connectivity index (χ1n) is 4.24. The van der Waals surface area contributed by atoms with E-state index in [1.54, 1.807) is 14.0 Å². The summed E-state index contributed by atoms with van der Waals surface area (Å²) in [7, 11) is 1.59. The molecule has 14 heavy (non-hydrogen) atoms. The summed E-state index contributed by atoms with van der Waals surface area (Å²) in [4.78, 5) is 13.0. The second-order valence-electron chi connectivity index (χ2n) is 3.06. The number of nitrogens with zero attached hydrogens (tertiary/aromatic N) is 2. The smallest absolute Gasteiger partial charge is 0.276 e. The van der Waals surface area contributed by atoms with Crippen LogP contribution >= 0.6 is 0 Å². The van der Waals surface area contributed by atoms with Gasteiger partial charge in [-0.1, -0.05) is 0 Å². The van der Waals surface area contributed by atoms with Crippen LogP contribution in [0.3, 0.4) is 0 Å². The third-order valence-electron chi connectivity index (χ3n) is 1.98. The molecule has 0 saturated carbocycles. The normalized spacial score (nSPS) is 10.2. The van der Waals surface area contributed by atoms with Gasteiger partial charge in [0.05, 0.1) is 18.0 Å².